The first-order valence-electron chi connectivity index (χ1n) is 10.5. The molecule has 3 aromatic rings. The molecule has 0 atom stereocenters. The maximum Gasteiger partial charge on any atom is 0.268 e. The zero-order valence-corrected chi connectivity index (χ0v) is 19.3. The molecular formula is C26H27N3O5. The predicted molar refractivity (Wildman–Crippen MR) is 131 cm³/mol. The average Bonchev–Trinajstić information content (AvgIpc) is 2.86. The third-order valence-corrected chi connectivity index (χ3v) is 4.93. The molecule has 34 heavy (non-hydrogen) atoms. The molecule has 4 N–H and O–H groups in total. The highest BCUT2D eigenvalue weighted by Crippen LogP contribution is 2.38. The minimum absolute atomic E-state index is 0.0482. The lowest BCUT2D eigenvalue weighted by atomic mass is 10.1. The smallest absolute Gasteiger partial charge is 0.268 e. The van der Waals surface area contributed by atoms with Gasteiger partial charge in [0.05, 0.1) is 21.3 Å². The lowest BCUT2D eigenvalue weighted by Gasteiger charge is -2.14. The largest absolute Gasteiger partial charge is 0.493 e. The van der Waals surface area contributed by atoms with Crippen LogP contribution in [0.3, 0.4) is 0 Å². The van der Waals surface area contributed by atoms with Crippen molar-refractivity contribution in [2.45, 2.75) is 6.54 Å². The molecule has 0 saturated carbocycles. The second kappa shape index (κ2) is 11.4. The fraction of sp³-hybridized carbons (Fsp3) is 0.154. The summed E-state index contributed by atoms with van der Waals surface area (Å²) in [7, 11) is 4.51. The highest BCUT2D eigenvalue weighted by Gasteiger charge is 2.17. The molecule has 0 radical (unpaired) electrons. The maximum atomic E-state index is 13.1. The van der Waals surface area contributed by atoms with Gasteiger partial charge in [-0.15, -0.1) is 0 Å². The van der Waals surface area contributed by atoms with Gasteiger partial charge >= 0.3 is 0 Å². The summed E-state index contributed by atoms with van der Waals surface area (Å²) in [6.45, 7) is 0.234. The highest BCUT2D eigenvalue weighted by atomic mass is 16.5. The number of hydrogen-bond acceptors (Lipinski definition) is 6. The van der Waals surface area contributed by atoms with E-state index in [0.29, 0.717) is 34.1 Å². The summed E-state index contributed by atoms with van der Waals surface area (Å²) >= 11 is 0. The van der Waals surface area contributed by atoms with Crippen molar-refractivity contribution in [2.75, 3.05) is 27.1 Å². The van der Waals surface area contributed by atoms with Crippen LogP contribution < -0.4 is 30.6 Å². The molecule has 3 aromatic carbocycles. The normalized spacial score (nSPS) is 10.9. The maximum absolute atomic E-state index is 13.1. The van der Waals surface area contributed by atoms with E-state index >= 15 is 0 Å². The van der Waals surface area contributed by atoms with E-state index in [9.17, 15) is 9.59 Å². The van der Waals surface area contributed by atoms with Gasteiger partial charge in [-0.25, -0.2) is 0 Å². The van der Waals surface area contributed by atoms with Gasteiger partial charge in [-0.3, -0.25) is 9.59 Å². The zero-order valence-electron chi connectivity index (χ0n) is 19.3. The molecule has 3 rings (SSSR count). The summed E-state index contributed by atoms with van der Waals surface area (Å²) in [6.07, 6.45) is 1.54. The van der Waals surface area contributed by atoms with Crippen molar-refractivity contribution >= 4 is 23.6 Å². The van der Waals surface area contributed by atoms with Gasteiger partial charge < -0.3 is 30.6 Å². The van der Waals surface area contributed by atoms with E-state index in [2.05, 4.69) is 10.6 Å². The number of amides is 2. The number of hydrogen-bond donors (Lipinski definition) is 3. The third kappa shape index (κ3) is 6.07. The lowest BCUT2D eigenvalue weighted by molar-refractivity contribution is -0.117. The standard InChI is InChI=1S/C26H27N3O5/c1-32-22-14-18(15-23(33-2)24(22)34-3)13-21(29-25(30)19-9-5-4-6-10-19)26(31)28-16-17-8-7-11-20(27)12-17/h4-15H,16,27H2,1-3H3,(H,28,31)(H,29,30). The summed E-state index contributed by atoms with van der Waals surface area (Å²) in [4.78, 5) is 25.9. The van der Waals surface area contributed by atoms with E-state index in [1.54, 1.807) is 60.7 Å². The number of rotatable bonds is 9. The van der Waals surface area contributed by atoms with Gasteiger partial charge in [0.2, 0.25) is 5.75 Å². The molecule has 0 unspecified atom stereocenters. The van der Waals surface area contributed by atoms with E-state index in [-0.39, 0.29) is 12.2 Å². The zero-order chi connectivity index (χ0) is 24.5. The second-order valence-electron chi connectivity index (χ2n) is 7.26. The van der Waals surface area contributed by atoms with Gasteiger partial charge in [0, 0.05) is 17.8 Å². The van der Waals surface area contributed by atoms with Crippen molar-refractivity contribution in [3.05, 3.63) is 89.1 Å². The minimum atomic E-state index is -0.472. The Bertz CT molecular complexity index is 1170. The SMILES string of the molecule is COc1cc(C=C(NC(=O)c2ccccc2)C(=O)NCc2cccc(N)c2)cc(OC)c1OC. The van der Waals surface area contributed by atoms with Gasteiger partial charge in [-0.05, 0) is 53.6 Å². The first kappa shape index (κ1) is 24.2. The van der Waals surface area contributed by atoms with Gasteiger partial charge in [-0.2, -0.15) is 0 Å². The molecule has 0 heterocycles. The molecule has 176 valence electrons. The van der Waals surface area contributed by atoms with E-state index < -0.39 is 11.8 Å². The summed E-state index contributed by atoms with van der Waals surface area (Å²) in [5, 5.41) is 5.52. The summed E-state index contributed by atoms with van der Waals surface area (Å²) in [5.74, 6) is 0.367. The average molecular weight is 462 g/mol. The van der Waals surface area contributed by atoms with Crippen molar-refractivity contribution in [1.29, 1.82) is 0 Å². The molecule has 0 aliphatic carbocycles. The van der Waals surface area contributed by atoms with Crippen LogP contribution in [0.1, 0.15) is 21.5 Å². The van der Waals surface area contributed by atoms with Crippen LogP contribution in [0.5, 0.6) is 17.2 Å². The van der Waals surface area contributed by atoms with Crippen LogP contribution in [0.2, 0.25) is 0 Å². The Morgan fingerprint density at radius 3 is 2.15 bits per heavy atom. The molecule has 0 fully saturated rings. The topological polar surface area (TPSA) is 112 Å². The quantitative estimate of drug-likeness (QED) is 0.333. The summed E-state index contributed by atoms with van der Waals surface area (Å²) < 4.78 is 16.1. The first-order chi connectivity index (χ1) is 16.4. The predicted octanol–water partition coefficient (Wildman–Crippen LogP) is 3.38. The number of benzene rings is 3. The summed E-state index contributed by atoms with van der Waals surface area (Å²) in [6, 6.07) is 19.2. The highest BCUT2D eigenvalue weighted by molar-refractivity contribution is 6.05. The third-order valence-electron chi connectivity index (χ3n) is 4.93. The molecular weight excluding hydrogens is 434 g/mol. The fourth-order valence-electron chi connectivity index (χ4n) is 3.27. The van der Waals surface area contributed by atoms with Crippen molar-refractivity contribution in [2.24, 2.45) is 0 Å². The number of ether oxygens (including phenoxy) is 3. The lowest BCUT2D eigenvalue weighted by Crippen LogP contribution is -2.34. The van der Waals surface area contributed by atoms with E-state index in [1.807, 2.05) is 12.1 Å². The van der Waals surface area contributed by atoms with Gasteiger partial charge in [-0.1, -0.05) is 30.3 Å². The fourth-order valence-corrected chi connectivity index (χ4v) is 3.27. The molecule has 2 amide bonds. The van der Waals surface area contributed by atoms with Crippen molar-refractivity contribution < 1.29 is 23.8 Å². The van der Waals surface area contributed by atoms with E-state index in [1.165, 1.54) is 21.3 Å². The van der Waals surface area contributed by atoms with E-state index in [4.69, 9.17) is 19.9 Å². The minimum Gasteiger partial charge on any atom is -0.493 e. The monoisotopic (exact) mass is 461 g/mol. The number of nitrogens with one attached hydrogen (secondary N) is 2. The number of nitrogen functional groups attached to an aromatic ring is 1. The van der Waals surface area contributed by atoms with Crippen LogP contribution in [0.4, 0.5) is 5.69 Å². The van der Waals surface area contributed by atoms with Crippen LogP contribution in [0.15, 0.2) is 72.4 Å². The summed E-state index contributed by atoms with van der Waals surface area (Å²) in [5.41, 5.74) is 8.28. The second-order valence-corrected chi connectivity index (χ2v) is 7.26. The molecule has 0 aliphatic heterocycles. The van der Waals surface area contributed by atoms with Gasteiger partial charge in [0.15, 0.2) is 11.5 Å². The molecule has 0 aromatic heterocycles. The number of carbonyl (C=O) groups is 2. The Hall–Kier alpha value is -4.46. The van der Waals surface area contributed by atoms with Crippen molar-refractivity contribution in [3.8, 4) is 17.2 Å². The van der Waals surface area contributed by atoms with Gasteiger partial charge in [0.1, 0.15) is 5.70 Å². The number of methoxy groups -OCH3 is 3. The number of nitrogens with two attached hydrogens (primary N) is 1. The van der Waals surface area contributed by atoms with Crippen LogP contribution in [-0.4, -0.2) is 33.1 Å². The molecule has 0 spiro atoms. The van der Waals surface area contributed by atoms with Crippen molar-refractivity contribution in [3.63, 3.8) is 0 Å². The number of carbonyl (C=O) groups excluding carboxylic acids is 2. The van der Waals surface area contributed by atoms with E-state index in [0.717, 1.165) is 5.56 Å². The molecule has 8 heteroatoms. The molecule has 0 bridgehead atoms. The van der Waals surface area contributed by atoms with Crippen LogP contribution in [0, 0.1) is 0 Å². The number of anilines is 1. The van der Waals surface area contributed by atoms with Gasteiger partial charge in [0.25, 0.3) is 11.8 Å². The van der Waals surface area contributed by atoms with Crippen molar-refractivity contribution in [1.82, 2.24) is 10.6 Å². The van der Waals surface area contributed by atoms with Crippen LogP contribution >= 0.6 is 0 Å². The first-order valence-corrected chi connectivity index (χ1v) is 10.5. The Labute approximate surface area is 198 Å². The Balaban J connectivity index is 1.94. The Kier molecular flexibility index (Phi) is 8.12. The molecule has 0 saturated heterocycles. The molecule has 0 aliphatic rings. The van der Waals surface area contributed by atoms with Crippen LogP contribution in [0.25, 0.3) is 6.08 Å². The molecule has 8 nitrogen and oxygen atoms in total. The Morgan fingerprint density at radius 2 is 1.56 bits per heavy atom. The van der Waals surface area contributed by atoms with Crippen LogP contribution in [-0.2, 0) is 11.3 Å². The Morgan fingerprint density at radius 1 is 0.882 bits per heavy atom.